The van der Waals surface area contributed by atoms with Crippen LogP contribution in [0.15, 0.2) is 35.7 Å². The van der Waals surface area contributed by atoms with Gasteiger partial charge in [-0.05, 0) is 12.5 Å². The summed E-state index contributed by atoms with van der Waals surface area (Å²) in [6.45, 7) is 2.10. The quantitative estimate of drug-likeness (QED) is 0.786. The van der Waals surface area contributed by atoms with Crippen molar-refractivity contribution in [1.82, 2.24) is 4.98 Å². The molecule has 0 aliphatic rings. The number of nitrogens with zero attached hydrogens (tertiary/aromatic N) is 1. The number of ether oxygens (including phenoxy) is 2. The fraction of sp³-hybridized carbons (Fsp3) is 0.267. The summed E-state index contributed by atoms with van der Waals surface area (Å²) in [7, 11) is 0. The average Bonchev–Trinajstić information content (AvgIpc) is 3.02. The Morgan fingerprint density at radius 3 is 2.74 bits per heavy atom. The highest BCUT2D eigenvalue weighted by Crippen LogP contribution is 2.20. The van der Waals surface area contributed by atoms with Crippen LogP contribution in [-0.4, -0.2) is 23.7 Å². The number of carbonyl (C=O) groups excluding carboxylic acids is 2. The van der Waals surface area contributed by atoms with Crippen molar-refractivity contribution in [3.63, 3.8) is 0 Å². The molecule has 0 spiro atoms. The summed E-state index contributed by atoms with van der Waals surface area (Å²) >= 11 is 1.15. The third kappa shape index (κ3) is 5.04. The molecule has 0 saturated heterocycles. The van der Waals surface area contributed by atoms with Crippen LogP contribution in [0.4, 0.5) is 9.93 Å². The van der Waals surface area contributed by atoms with Gasteiger partial charge in [-0.25, -0.2) is 14.6 Å². The summed E-state index contributed by atoms with van der Waals surface area (Å²) in [5.74, 6) is -0.559. The molecule has 1 unspecified atom stereocenters. The fourth-order valence-electron chi connectivity index (χ4n) is 1.69. The van der Waals surface area contributed by atoms with E-state index in [9.17, 15) is 9.59 Å². The highest BCUT2D eigenvalue weighted by molar-refractivity contribution is 7.13. The number of thiazole rings is 1. The normalized spacial score (nSPS) is 11.6. The lowest BCUT2D eigenvalue weighted by Crippen LogP contribution is -2.24. The Morgan fingerprint density at radius 2 is 2.04 bits per heavy atom. The van der Waals surface area contributed by atoms with Crippen LogP contribution in [0.5, 0.6) is 0 Å². The van der Waals surface area contributed by atoms with E-state index in [1.807, 2.05) is 30.3 Å². The van der Waals surface area contributed by atoms with E-state index in [4.69, 9.17) is 15.2 Å². The van der Waals surface area contributed by atoms with Gasteiger partial charge in [0, 0.05) is 5.38 Å². The minimum atomic E-state index is -0.970. The number of nitrogens with one attached hydrogen (secondary N) is 1. The highest BCUT2D eigenvalue weighted by Gasteiger charge is 2.20. The third-order valence-corrected chi connectivity index (χ3v) is 3.58. The maximum Gasteiger partial charge on any atom is 0.413 e. The van der Waals surface area contributed by atoms with Crippen molar-refractivity contribution in [3.05, 3.63) is 47.0 Å². The van der Waals surface area contributed by atoms with Crippen LogP contribution < -0.4 is 11.1 Å². The average molecular weight is 335 g/mol. The molecule has 1 aromatic heterocycles. The van der Waals surface area contributed by atoms with Crippen LogP contribution in [-0.2, 0) is 20.9 Å². The zero-order valence-corrected chi connectivity index (χ0v) is 13.3. The van der Waals surface area contributed by atoms with Gasteiger partial charge in [0.1, 0.15) is 12.6 Å². The van der Waals surface area contributed by atoms with E-state index in [-0.39, 0.29) is 13.2 Å². The van der Waals surface area contributed by atoms with Crippen LogP contribution in [0.2, 0.25) is 0 Å². The molecule has 0 aliphatic heterocycles. The molecular formula is C15H17N3O4S. The topological polar surface area (TPSA) is 104 Å². The Kier molecular flexibility index (Phi) is 6.07. The van der Waals surface area contributed by atoms with Crippen molar-refractivity contribution in [2.24, 2.45) is 5.73 Å². The second-order valence-corrected chi connectivity index (χ2v) is 5.35. The molecule has 1 heterocycles. The Hall–Kier alpha value is -2.45. The second kappa shape index (κ2) is 8.25. The highest BCUT2D eigenvalue weighted by atomic mass is 32.1. The maximum absolute atomic E-state index is 11.7. The molecule has 0 radical (unpaired) electrons. The molecule has 1 amide bonds. The summed E-state index contributed by atoms with van der Waals surface area (Å²) in [5.41, 5.74) is 6.95. The molecule has 122 valence electrons. The number of esters is 1. The van der Waals surface area contributed by atoms with E-state index in [0.717, 1.165) is 16.9 Å². The standard InChI is InChI=1S/C15H17N3O4S/c1-2-21-13(19)12(16)11-9-23-14(17-11)18-15(20)22-8-10-6-4-3-5-7-10/h3-7,9,12H,2,8,16H2,1H3,(H,17,18,20). The predicted molar refractivity (Wildman–Crippen MR) is 85.9 cm³/mol. The van der Waals surface area contributed by atoms with Crippen LogP contribution in [0.25, 0.3) is 0 Å². The smallest absolute Gasteiger partial charge is 0.413 e. The molecule has 1 aromatic carbocycles. The molecule has 23 heavy (non-hydrogen) atoms. The van der Waals surface area contributed by atoms with Crippen LogP contribution in [0.3, 0.4) is 0 Å². The van der Waals surface area contributed by atoms with E-state index in [0.29, 0.717) is 10.8 Å². The van der Waals surface area contributed by atoms with E-state index in [1.54, 1.807) is 12.3 Å². The largest absolute Gasteiger partial charge is 0.465 e. The van der Waals surface area contributed by atoms with E-state index < -0.39 is 18.1 Å². The van der Waals surface area contributed by atoms with E-state index in [1.165, 1.54) is 0 Å². The van der Waals surface area contributed by atoms with Crippen LogP contribution in [0, 0.1) is 0 Å². The molecule has 8 heteroatoms. The summed E-state index contributed by atoms with van der Waals surface area (Å²) in [4.78, 5) is 27.3. The third-order valence-electron chi connectivity index (χ3n) is 2.80. The van der Waals surface area contributed by atoms with Gasteiger partial charge in [0.15, 0.2) is 5.13 Å². The molecule has 0 bridgehead atoms. The summed E-state index contributed by atoms with van der Waals surface area (Å²) in [6, 6.07) is 8.34. The first-order chi connectivity index (χ1) is 11.1. The molecule has 2 rings (SSSR count). The van der Waals surface area contributed by atoms with Gasteiger partial charge < -0.3 is 15.2 Å². The van der Waals surface area contributed by atoms with Gasteiger partial charge in [-0.2, -0.15) is 0 Å². The second-order valence-electron chi connectivity index (χ2n) is 4.49. The minimum absolute atomic E-state index is 0.160. The van der Waals surface area contributed by atoms with Crippen molar-refractivity contribution in [2.45, 2.75) is 19.6 Å². The number of nitrogens with two attached hydrogens (primary N) is 1. The van der Waals surface area contributed by atoms with E-state index in [2.05, 4.69) is 10.3 Å². The molecule has 2 aromatic rings. The lowest BCUT2D eigenvalue weighted by atomic mass is 10.2. The van der Waals surface area contributed by atoms with Crippen molar-refractivity contribution in [2.75, 3.05) is 11.9 Å². The number of aromatic nitrogens is 1. The number of benzene rings is 1. The van der Waals surface area contributed by atoms with Gasteiger partial charge in [-0.15, -0.1) is 11.3 Å². The Labute approximate surface area is 137 Å². The van der Waals surface area contributed by atoms with Crippen molar-refractivity contribution in [3.8, 4) is 0 Å². The first-order valence-electron chi connectivity index (χ1n) is 6.95. The Balaban J connectivity index is 1.86. The zero-order chi connectivity index (χ0) is 16.7. The fourth-order valence-corrected chi connectivity index (χ4v) is 2.42. The molecule has 7 nitrogen and oxygen atoms in total. The lowest BCUT2D eigenvalue weighted by molar-refractivity contribution is -0.144. The number of rotatable bonds is 6. The lowest BCUT2D eigenvalue weighted by Gasteiger charge is -2.07. The number of anilines is 1. The first-order valence-corrected chi connectivity index (χ1v) is 7.83. The summed E-state index contributed by atoms with van der Waals surface area (Å²) in [5, 5.41) is 4.39. The molecule has 3 N–H and O–H groups in total. The Morgan fingerprint density at radius 1 is 1.30 bits per heavy atom. The van der Waals surface area contributed by atoms with Gasteiger partial charge >= 0.3 is 12.1 Å². The summed E-state index contributed by atoms with van der Waals surface area (Å²) in [6.07, 6.45) is -0.626. The monoisotopic (exact) mass is 335 g/mol. The molecule has 0 aliphatic carbocycles. The maximum atomic E-state index is 11.7. The van der Waals surface area contributed by atoms with Crippen molar-refractivity contribution >= 4 is 28.5 Å². The predicted octanol–water partition coefficient (Wildman–Crippen LogP) is 2.45. The molecule has 0 saturated carbocycles. The van der Waals surface area contributed by atoms with Crippen LogP contribution >= 0.6 is 11.3 Å². The zero-order valence-electron chi connectivity index (χ0n) is 12.5. The SMILES string of the molecule is CCOC(=O)C(N)c1csc(NC(=O)OCc2ccccc2)n1. The number of carbonyl (C=O) groups is 2. The molecular weight excluding hydrogens is 318 g/mol. The van der Waals surface area contributed by atoms with Gasteiger partial charge in [-0.1, -0.05) is 30.3 Å². The van der Waals surface area contributed by atoms with E-state index >= 15 is 0 Å². The number of hydrogen-bond donors (Lipinski definition) is 2. The van der Waals surface area contributed by atoms with Gasteiger partial charge in [0.05, 0.1) is 12.3 Å². The van der Waals surface area contributed by atoms with Gasteiger partial charge in [0.2, 0.25) is 0 Å². The molecule has 0 fully saturated rings. The first kappa shape index (κ1) is 16.9. The van der Waals surface area contributed by atoms with Crippen molar-refractivity contribution < 1.29 is 19.1 Å². The van der Waals surface area contributed by atoms with Gasteiger partial charge in [-0.3, -0.25) is 5.32 Å². The van der Waals surface area contributed by atoms with Gasteiger partial charge in [0.25, 0.3) is 0 Å². The van der Waals surface area contributed by atoms with Crippen molar-refractivity contribution in [1.29, 1.82) is 0 Å². The minimum Gasteiger partial charge on any atom is -0.465 e. The van der Waals surface area contributed by atoms with Crippen LogP contribution in [0.1, 0.15) is 24.2 Å². The molecule has 1 atom stereocenters. The Bertz CT molecular complexity index is 660. The summed E-state index contributed by atoms with van der Waals surface area (Å²) < 4.78 is 9.91. The number of hydrogen-bond acceptors (Lipinski definition) is 7. The number of amides is 1.